The van der Waals surface area contributed by atoms with Gasteiger partial charge in [0.25, 0.3) is 5.91 Å². The largest absolute Gasteiger partial charge is 0.379 e. The quantitative estimate of drug-likeness (QED) is 0.753. The van der Waals surface area contributed by atoms with Crippen LogP contribution in [0.3, 0.4) is 0 Å². The molecule has 6 rings (SSSR count). The summed E-state index contributed by atoms with van der Waals surface area (Å²) in [5.41, 5.74) is 0.589. The topological polar surface area (TPSA) is 67.4 Å². The van der Waals surface area contributed by atoms with E-state index in [0.717, 1.165) is 19.3 Å². The molecule has 5 nitrogen and oxygen atoms in total. The van der Waals surface area contributed by atoms with Crippen molar-refractivity contribution in [2.45, 2.75) is 31.7 Å². The highest BCUT2D eigenvalue weighted by Crippen LogP contribution is 2.75. The standard InChI is InChI=1S/C23H22ClFN2O3/c1-14-7-17(5-6-18(14)25)26-20(29)23(12-30-13-23)21-9-22(10-21,11-21)27-19(28)15-3-2-4-16(24)8-15/h2-8H,9-13H2,1H3,(H,26,29)(H,27,28). The zero-order chi connectivity index (χ0) is 21.1. The van der Waals surface area contributed by atoms with Crippen LogP contribution in [0.1, 0.15) is 35.2 Å². The Morgan fingerprint density at radius 2 is 1.83 bits per heavy atom. The van der Waals surface area contributed by atoms with Gasteiger partial charge in [0.1, 0.15) is 11.2 Å². The van der Waals surface area contributed by atoms with E-state index >= 15 is 0 Å². The fourth-order valence-corrected chi connectivity index (χ4v) is 5.52. The van der Waals surface area contributed by atoms with Gasteiger partial charge in [-0.05, 0) is 73.6 Å². The van der Waals surface area contributed by atoms with Crippen molar-refractivity contribution >= 4 is 29.1 Å². The van der Waals surface area contributed by atoms with E-state index in [4.69, 9.17) is 16.3 Å². The van der Waals surface area contributed by atoms with Gasteiger partial charge in [0.05, 0.1) is 13.2 Å². The maximum atomic E-state index is 13.5. The van der Waals surface area contributed by atoms with Crippen molar-refractivity contribution in [1.29, 1.82) is 0 Å². The zero-order valence-electron chi connectivity index (χ0n) is 16.6. The number of halogens is 2. The summed E-state index contributed by atoms with van der Waals surface area (Å²) in [5, 5.41) is 6.61. The van der Waals surface area contributed by atoms with Crippen molar-refractivity contribution in [1.82, 2.24) is 5.32 Å². The number of hydrogen-bond acceptors (Lipinski definition) is 3. The molecule has 2 N–H and O–H groups in total. The normalized spacial score (nSPS) is 27.8. The van der Waals surface area contributed by atoms with E-state index in [0.29, 0.717) is 35.1 Å². The van der Waals surface area contributed by atoms with E-state index in [1.54, 1.807) is 43.3 Å². The van der Waals surface area contributed by atoms with Gasteiger partial charge in [0, 0.05) is 21.8 Å². The number of nitrogens with one attached hydrogen (secondary N) is 2. The Labute approximate surface area is 178 Å². The van der Waals surface area contributed by atoms with Crippen LogP contribution in [-0.2, 0) is 9.53 Å². The third-order valence-corrected chi connectivity index (χ3v) is 7.29. The summed E-state index contributed by atoms with van der Waals surface area (Å²) in [6.45, 7) is 2.41. The molecule has 0 spiro atoms. The van der Waals surface area contributed by atoms with E-state index in [2.05, 4.69) is 10.6 Å². The maximum absolute atomic E-state index is 13.5. The summed E-state index contributed by atoms with van der Waals surface area (Å²) in [6, 6.07) is 11.4. The Morgan fingerprint density at radius 3 is 2.43 bits per heavy atom. The van der Waals surface area contributed by atoms with E-state index in [-0.39, 0.29) is 28.6 Å². The molecule has 156 valence electrons. The molecule has 7 heteroatoms. The summed E-state index contributed by atoms with van der Waals surface area (Å²) < 4.78 is 19.0. The number of benzene rings is 2. The monoisotopic (exact) mass is 428 g/mol. The molecule has 1 saturated heterocycles. The molecular formula is C23H22ClFN2O3. The Balaban J connectivity index is 1.27. The number of aryl methyl sites for hydroxylation is 1. The Morgan fingerprint density at radius 1 is 1.10 bits per heavy atom. The number of hydrogen-bond donors (Lipinski definition) is 2. The molecule has 30 heavy (non-hydrogen) atoms. The maximum Gasteiger partial charge on any atom is 0.251 e. The second-order valence-electron chi connectivity index (χ2n) is 9.05. The summed E-state index contributed by atoms with van der Waals surface area (Å²) in [6.07, 6.45) is 2.27. The second kappa shape index (κ2) is 6.53. The van der Waals surface area contributed by atoms with Gasteiger partial charge in [-0.15, -0.1) is 0 Å². The van der Waals surface area contributed by atoms with Crippen molar-refractivity contribution < 1.29 is 18.7 Å². The zero-order valence-corrected chi connectivity index (χ0v) is 17.3. The van der Waals surface area contributed by atoms with Crippen LogP contribution in [0.25, 0.3) is 0 Å². The lowest BCUT2D eigenvalue weighted by molar-refractivity contribution is -0.286. The summed E-state index contributed by atoms with van der Waals surface area (Å²) in [4.78, 5) is 25.8. The van der Waals surface area contributed by atoms with Crippen molar-refractivity contribution in [3.63, 3.8) is 0 Å². The molecule has 3 aliphatic carbocycles. The van der Waals surface area contributed by atoms with E-state index in [9.17, 15) is 14.0 Å². The summed E-state index contributed by atoms with van der Waals surface area (Å²) >= 11 is 5.99. The molecule has 1 heterocycles. The molecule has 2 aromatic rings. The van der Waals surface area contributed by atoms with Crippen LogP contribution in [0, 0.1) is 23.6 Å². The minimum Gasteiger partial charge on any atom is -0.379 e. The average Bonchev–Trinajstić information content (AvgIpc) is 2.60. The number of carbonyl (C=O) groups excluding carboxylic acids is 2. The van der Waals surface area contributed by atoms with Crippen LogP contribution in [0.4, 0.5) is 10.1 Å². The van der Waals surface area contributed by atoms with Gasteiger partial charge in [-0.3, -0.25) is 9.59 Å². The van der Waals surface area contributed by atoms with Gasteiger partial charge >= 0.3 is 0 Å². The second-order valence-corrected chi connectivity index (χ2v) is 9.48. The van der Waals surface area contributed by atoms with Crippen molar-refractivity contribution in [2.75, 3.05) is 18.5 Å². The van der Waals surface area contributed by atoms with E-state index in [1.807, 2.05) is 0 Å². The predicted octanol–water partition coefficient (Wildman–Crippen LogP) is 4.10. The molecule has 2 bridgehead atoms. The van der Waals surface area contributed by atoms with Gasteiger partial charge in [-0.1, -0.05) is 17.7 Å². The first kappa shape index (κ1) is 19.5. The number of carbonyl (C=O) groups is 2. The summed E-state index contributed by atoms with van der Waals surface area (Å²) in [7, 11) is 0. The average molecular weight is 429 g/mol. The molecule has 1 aliphatic heterocycles. The van der Waals surface area contributed by atoms with Crippen molar-refractivity contribution in [3.05, 3.63) is 64.4 Å². The first-order chi connectivity index (χ1) is 14.3. The highest BCUT2D eigenvalue weighted by Gasteiger charge is 2.79. The van der Waals surface area contributed by atoms with Crippen LogP contribution in [0.5, 0.6) is 0 Å². The Bertz CT molecular complexity index is 1050. The molecule has 4 fully saturated rings. The number of amides is 2. The first-order valence-electron chi connectivity index (χ1n) is 10.0. The highest BCUT2D eigenvalue weighted by molar-refractivity contribution is 6.31. The van der Waals surface area contributed by atoms with Crippen LogP contribution in [0.2, 0.25) is 5.02 Å². The van der Waals surface area contributed by atoms with Crippen LogP contribution >= 0.6 is 11.6 Å². The van der Waals surface area contributed by atoms with Crippen LogP contribution in [-0.4, -0.2) is 30.6 Å². The lowest BCUT2D eigenvalue weighted by Gasteiger charge is -2.77. The molecule has 4 aliphatic rings. The number of anilines is 1. The Hall–Kier alpha value is -2.44. The summed E-state index contributed by atoms with van der Waals surface area (Å²) in [5.74, 6) is -0.531. The smallest absolute Gasteiger partial charge is 0.251 e. The van der Waals surface area contributed by atoms with E-state index < -0.39 is 5.41 Å². The minimum atomic E-state index is -0.599. The highest BCUT2D eigenvalue weighted by atomic mass is 35.5. The molecule has 0 unspecified atom stereocenters. The predicted molar refractivity (Wildman–Crippen MR) is 111 cm³/mol. The third kappa shape index (κ3) is 2.77. The third-order valence-electron chi connectivity index (χ3n) is 7.06. The molecular weight excluding hydrogens is 407 g/mol. The Kier molecular flexibility index (Phi) is 4.25. The molecule has 0 aromatic heterocycles. The number of rotatable bonds is 5. The fraction of sp³-hybridized carbons (Fsp3) is 0.391. The minimum absolute atomic E-state index is 0.0887. The van der Waals surface area contributed by atoms with E-state index in [1.165, 1.54) is 6.07 Å². The van der Waals surface area contributed by atoms with Crippen LogP contribution in [0.15, 0.2) is 42.5 Å². The van der Waals surface area contributed by atoms with Gasteiger partial charge in [0.2, 0.25) is 5.91 Å². The van der Waals surface area contributed by atoms with Gasteiger partial charge in [-0.2, -0.15) is 0 Å². The SMILES string of the molecule is Cc1cc(NC(=O)C2(C34CC(NC(=O)c5cccc(Cl)c5)(C3)C4)COC2)ccc1F. The van der Waals surface area contributed by atoms with Crippen molar-refractivity contribution in [3.8, 4) is 0 Å². The molecule has 2 aromatic carbocycles. The number of ether oxygens (including phenoxy) is 1. The molecule has 3 saturated carbocycles. The fourth-order valence-electron chi connectivity index (χ4n) is 5.33. The lowest BCUT2D eigenvalue weighted by Crippen LogP contribution is -2.83. The van der Waals surface area contributed by atoms with Crippen LogP contribution < -0.4 is 10.6 Å². The molecule has 0 radical (unpaired) electrons. The molecule has 2 amide bonds. The molecule has 0 atom stereocenters. The van der Waals surface area contributed by atoms with Crippen molar-refractivity contribution in [2.24, 2.45) is 10.8 Å². The lowest BCUT2D eigenvalue weighted by atomic mass is 9.31. The van der Waals surface area contributed by atoms with Gasteiger partial charge in [-0.25, -0.2) is 4.39 Å². The van der Waals surface area contributed by atoms with Gasteiger partial charge < -0.3 is 15.4 Å². The first-order valence-corrected chi connectivity index (χ1v) is 10.4. The van der Waals surface area contributed by atoms with Gasteiger partial charge in [0.15, 0.2) is 0 Å².